The number of phenols is 1. The average molecular weight is 237 g/mol. The first-order valence-electron chi connectivity index (χ1n) is 5.87. The molecule has 1 aromatic rings. The van der Waals surface area contributed by atoms with Gasteiger partial charge in [0.2, 0.25) is 0 Å². The third kappa shape index (κ3) is 2.70. The first kappa shape index (κ1) is 12.2. The van der Waals surface area contributed by atoms with Crippen LogP contribution in [0.15, 0.2) is 18.2 Å². The summed E-state index contributed by atoms with van der Waals surface area (Å²) in [4.78, 5) is 2.27. The highest BCUT2D eigenvalue weighted by atomic mass is 16.5. The molecule has 4 nitrogen and oxygen atoms in total. The summed E-state index contributed by atoms with van der Waals surface area (Å²) in [6, 6.07) is 5.61. The summed E-state index contributed by atoms with van der Waals surface area (Å²) in [6.07, 6.45) is 1.01. The van der Waals surface area contributed by atoms with E-state index in [1.807, 2.05) is 6.07 Å². The van der Waals surface area contributed by atoms with Crippen LogP contribution in [0.4, 0.5) is 0 Å². The first-order valence-corrected chi connectivity index (χ1v) is 5.87. The topological polar surface area (TPSA) is 41.9 Å². The molecule has 1 N–H and O–H groups in total. The molecule has 94 valence electrons. The van der Waals surface area contributed by atoms with Gasteiger partial charge in [-0.25, -0.2) is 0 Å². The van der Waals surface area contributed by atoms with E-state index in [-0.39, 0.29) is 11.8 Å². The van der Waals surface area contributed by atoms with Crippen LogP contribution in [-0.4, -0.2) is 43.9 Å². The highest BCUT2D eigenvalue weighted by molar-refractivity contribution is 5.44. The average Bonchev–Trinajstić information content (AvgIpc) is 2.72. The molecule has 0 saturated heterocycles. The minimum absolute atomic E-state index is 0.256. The van der Waals surface area contributed by atoms with Gasteiger partial charge in [0, 0.05) is 31.9 Å². The molecule has 4 heteroatoms. The number of hydrogen-bond donors (Lipinski definition) is 1. The zero-order valence-electron chi connectivity index (χ0n) is 10.3. The number of methoxy groups -OCH3 is 1. The van der Waals surface area contributed by atoms with Gasteiger partial charge in [-0.1, -0.05) is 0 Å². The zero-order valence-corrected chi connectivity index (χ0v) is 10.3. The minimum Gasteiger partial charge on any atom is -0.508 e. The normalized spacial score (nSPS) is 18.2. The lowest BCUT2D eigenvalue weighted by molar-refractivity contribution is 0.153. The van der Waals surface area contributed by atoms with Crippen molar-refractivity contribution in [3.8, 4) is 11.5 Å². The molecule has 1 aliphatic rings. The van der Waals surface area contributed by atoms with Gasteiger partial charge in [-0.3, -0.25) is 4.90 Å². The Bertz CT molecular complexity index is 381. The third-order valence-electron chi connectivity index (χ3n) is 3.14. The van der Waals surface area contributed by atoms with Crippen LogP contribution in [0.1, 0.15) is 18.0 Å². The van der Waals surface area contributed by atoms with Gasteiger partial charge in [0.15, 0.2) is 0 Å². The van der Waals surface area contributed by atoms with E-state index in [2.05, 4.69) is 11.9 Å². The number of likely N-dealkylation sites (N-methyl/N-ethyl adjacent to an activating group) is 1. The van der Waals surface area contributed by atoms with E-state index in [9.17, 15) is 5.11 Å². The maximum absolute atomic E-state index is 9.38. The standard InChI is InChI=1S/C13H19NO3/c1-14(6-3-7-16-2)12-9-17-13-8-10(15)4-5-11(12)13/h4-5,8,12,15H,3,6-7,9H2,1-2H3. The lowest BCUT2D eigenvalue weighted by atomic mass is 10.1. The highest BCUT2D eigenvalue weighted by Gasteiger charge is 2.27. The van der Waals surface area contributed by atoms with E-state index in [1.165, 1.54) is 0 Å². The van der Waals surface area contributed by atoms with Crippen LogP contribution >= 0.6 is 0 Å². The first-order chi connectivity index (χ1) is 8.22. The van der Waals surface area contributed by atoms with Gasteiger partial charge in [0.05, 0.1) is 6.04 Å². The van der Waals surface area contributed by atoms with E-state index in [0.717, 1.165) is 30.9 Å². The molecule has 1 aliphatic heterocycles. The Kier molecular flexibility index (Phi) is 3.86. The van der Waals surface area contributed by atoms with Crippen molar-refractivity contribution in [1.82, 2.24) is 4.90 Å². The summed E-state index contributed by atoms with van der Waals surface area (Å²) < 4.78 is 10.6. The molecule has 0 aromatic heterocycles. The second kappa shape index (κ2) is 5.38. The molecule has 1 heterocycles. The monoisotopic (exact) mass is 237 g/mol. The molecule has 0 spiro atoms. The fourth-order valence-electron chi connectivity index (χ4n) is 2.16. The predicted molar refractivity (Wildman–Crippen MR) is 65.5 cm³/mol. The number of nitrogens with zero attached hydrogens (tertiary/aromatic N) is 1. The molecule has 2 rings (SSSR count). The summed E-state index contributed by atoms with van der Waals surface area (Å²) in [5.74, 6) is 1.06. The number of ether oxygens (including phenoxy) is 2. The van der Waals surface area contributed by atoms with Gasteiger partial charge in [-0.2, -0.15) is 0 Å². The van der Waals surface area contributed by atoms with E-state index in [0.29, 0.717) is 6.61 Å². The van der Waals surface area contributed by atoms with Crippen LogP contribution in [0, 0.1) is 0 Å². The van der Waals surface area contributed by atoms with Crippen molar-refractivity contribution < 1.29 is 14.6 Å². The molecule has 0 saturated carbocycles. The molecule has 0 radical (unpaired) electrons. The third-order valence-corrected chi connectivity index (χ3v) is 3.14. The van der Waals surface area contributed by atoms with Gasteiger partial charge >= 0.3 is 0 Å². The summed E-state index contributed by atoms with van der Waals surface area (Å²) in [7, 11) is 3.81. The van der Waals surface area contributed by atoms with E-state index < -0.39 is 0 Å². The number of hydrogen-bond acceptors (Lipinski definition) is 4. The zero-order chi connectivity index (χ0) is 12.3. The lowest BCUT2D eigenvalue weighted by Crippen LogP contribution is -2.27. The smallest absolute Gasteiger partial charge is 0.127 e. The lowest BCUT2D eigenvalue weighted by Gasteiger charge is -2.23. The van der Waals surface area contributed by atoms with Crippen LogP contribution in [-0.2, 0) is 4.74 Å². The highest BCUT2D eigenvalue weighted by Crippen LogP contribution is 2.37. The molecular formula is C13H19NO3. The van der Waals surface area contributed by atoms with E-state index in [4.69, 9.17) is 9.47 Å². The number of fused-ring (bicyclic) bond motifs is 1. The van der Waals surface area contributed by atoms with Crippen molar-refractivity contribution in [2.24, 2.45) is 0 Å². The second-order valence-corrected chi connectivity index (χ2v) is 4.38. The fraction of sp³-hybridized carbons (Fsp3) is 0.538. The van der Waals surface area contributed by atoms with Crippen LogP contribution in [0.5, 0.6) is 11.5 Å². The van der Waals surface area contributed by atoms with Gasteiger partial charge < -0.3 is 14.6 Å². The Morgan fingerprint density at radius 3 is 3.12 bits per heavy atom. The molecule has 1 atom stereocenters. The summed E-state index contributed by atoms with van der Waals surface area (Å²) in [5.41, 5.74) is 1.16. The van der Waals surface area contributed by atoms with Crippen LogP contribution in [0.25, 0.3) is 0 Å². The van der Waals surface area contributed by atoms with Crippen LogP contribution in [0.2, 0.25) is 0 Å². The SMILES string of the molecule is COCCCN(C)C1COc2cc(O)ccc21. The number of benzene rings is 1. The fourth-order valence-corrected chi connectivity index (χ4v) is 2.16. The Hall–Kier alpha value is -1.26. The summed E-state index contributed by atoms with van der Waals surface area (Å²) in [5, 5.41) is 9.38. The van der Waals surface area contributed by atoms with Crippen LogP contribution < -0.4 is 4.74 Å². The Balaban J connectivity index is 2.01. The van der Waals surface area contributed by atoms with Gasteiger partial charge in [-0.05, 0) is 25.6 Å². The predicted octanol–water partition coefficient (Wildman–Crippen LogP) is 1.79. The Morgan fingerprint density at radius 1 is 1.53 bits per heavy atom. The molecule has 0 amide bonds. The van der Waals surface area contributed by atoms with Gasteiger partial charge in [0.1, 0.15) is 18.1 Å². The number of phenolic OH excluding ortho intramolecular Hbond substituents is 1. The van der Waals surface area contributed by atoms with Gasteiger partial charge in [0.25, 0.3) is 0 Å². The van der Waals surface area contributed by atoms with Crippen molar-refractivity contribution in [2.45, 2.75) is 12.5 Å². The van der Waals surface area contributed by atoms with Crippen molar-refractivity contribution >= 4 is 0 Å². The summed E-state index contributed by atoms with van der Waals surface area (Å²) in [6.45, 7) is 2.41. The molecule has 0 fully saturated rings. The second-order valence-electron chi connectivity index (χ2n) is 4.38. The Morgan fingerprint density at radius 2 is 2.35 bits per heavy atom. The minimum atomic E-state index is 0.256. The van der Waals surface area contributed by atoms with Gasteiger partial charge in [-0.15, -0.1) is 0 Å². The molecule has 1 aromatic carbocycles. The quantitative estimate of drug-likeness (QED) is 0.793. The van der Waals surface area contributed by atoms with E-state index >= 15 is 0 Å². The van der Waals surface area contributed by atoms with Crippen LogP contribution in [0.3, 0.4) is 0 Å². The maximum Gasteiger partial charge on any atom is 0.127 e. The van der Waals surface area contributed by atoms with Crippen molar-refractivity contribution in [1.29, 1.82) is 0 Å². The molecule has 0 aliphatic carbocycles. The molecule has 0 bridgehead atoms. The Labute approximate surface area is 102 Å². The molecule has 17 heavy (non-hydrogen) atoms. The van der Waals surface area contributed by atoms with E-state index in [1.54, 1.807) is 19.2 Å². The molecule has 1 unspecified atom stereocenters. The number of aromatic hydroxyl groups is 1. The summed E-state index contributed by atoms with van der Waals surface area (Å²) >= 11 is 0. The maximum atomic E-state index is 9.38. The van der Waals surface area contributed by atoms with Crippen molar-refractivity contribution in [3.05, 3.63) is 23.8 Å². The van der Waals surface area contributed by atoms with Crippen molar-refractivity contribution in [3.63, 3.8) is 0 Å². The largest absolute Gasteiger partial charge is 0.508 e. The van der Waals surface area contributed by atoms with Crippen molar-refractivity contribution in [2.75, 3.05) is 33.9 Å². The molecular weight excluding hydrogens is 218 g/mol. The number of rotatable bonds is 5.